The average molecular weight is 303 g/mol. The largest absolute Gasteiger partial charge is 0.480 e. The van der Waals surface area contributed by atoms with Gasteiger partial charge < -0.3 is 14.6 Å². The van der Waals surface area contributed by atoms with Crippen LogP contribution in [-0.2, 0) is 21.9 Å². The number of carbonyl (C=O) groups is 1. The number of thioether (sulfide) groups is 1. The topological polar surface area (TPSA) is 55.8 Å². The summed E-state index contributed by atoms with van der Waals surface area (Å²) in [7, 11) is 0. The van der Waals surface area contributed by atoms with E-state index in [1.54, 1.807) is 0 Å². The number of carboxylic acid groups (broad SMARTS) is 1. The number of ether oxygens (including phenoxy) is 2. The molecule has 0 spiro atoms. The van der Waals surface area contributed by atoms with Crippen molar-refractivity contribution in [1.82, 2.24) is 0 Å². The molecule has 2 rings (SSSR count). The van der Waals surface area contributed by atoms with Crippen LogP contribution >= 0.6 is 23.4 Å². The molecule has 1 unspecified atom stereocenters. The van der Waals surface area contributed by atoms with Crippen LogP contribution in [0.1, 0.15) is 24.5 Å². The number of carboxylic acids is 1. The molecule has 1 aromatic carbocycles. The predicted molar refractivity (Wildman–Crippen MR) is 74.7 cm³/mol. The van der Waals surface area contributed by atoms with E-state index in [1.807, 2.05) is 19.1 Å². The zero-order chi connectivity index (χ0) is 13.8. The fraction of sp³-hybridized carbons (Fsp3) is 0.462. The number of fused-ring (bicyclic) bond motifs is 1. The quantitative estimate of drug-likeness (QED) is 0.904. The third kappa shape index (κ3) is 3.55. The van der Waals surface area contributed by atoms with E-state index in [2.05, 4.69) is 0 Å². The van der Waals surface area contributed by atoms with Crippen LogP contribution in [0.25, 0.3) is 0 Å². The third-order valence-electron chi connectivity index (χ3n) is 2.84. The number of hydrogen-bond acceptors (Lipinski definition) is 4. The van der Waals surface area contributed by atoms with Crippen LogP contribution < -0.4 is 4.74 Å². The summed E-state index contributed by atoms with van der Waals surface area (Å²) in [5.41, 5.74) is 1.84. The molecular weight excluding hydrogens is 288 g/mol. The zero-order valence-corrected chi connectivity index (χ0v) is 12.1. The maximum atomic E-state index is 11.0. The smallest absolute Gasteiger partial charge is 0.316 e. The van der Waals surface area contributed by atoms with E-state index in [1.165, 1.54) is 11.8 Å². The minimum atomic E-state index is -0.785. The zero-order valence-electron chi connectivity index (χ0n) is 10.5. The molecule has 0 amide bonds. The van der Waals surface area contributed by atoms with Crippen LogP contribution in [0.2, 0.25) is 5.02 Å². The summed E-state index contributed by atoms with van der Waals surface area (Å²) in [5, 5.41) is 9.26. The Labute approximate surface area is 121 Å². The van der Waals surface area contributed by atoms with E-state index < -0.39 is 11.2 Å². The van der Waals surface area contributed by atoms with Gasteiger partial charge in [-0.3, -0.25) is 4.79 Å². The Morgan fingerprint density at radius 1 is 1.58 bits per heavy atom. The van der Waals surface area contributed by atoms with Gasteiger partial charge in [0.25, 0.3) is 0 Å². The number of rotatable bonds is 5. The van der Waals surface area contributed by atoms with Crippen molar-refractivity contribution in [2.45, 2.75) is 31.0 Å². The standard InChI is InChI=1S/C13H15ClO4S/c1-2-11(13(15)16)19-6-9-4-10(14)3-8-5-17-7-18-12(8)9/h3-4,11H,2,5-7H2,1H3,(H,15,16). The normalized spacial score (nSPS) is 15.5. The molecular formula is C13H15ClO4S. The summed E-state index contributed by atoms with van der Waals surface area (Å²) in [4.78, 5) is 11.0. The molecule has 1 aromatic rings. The maximum absolute atomic E-state index is 11.0. The van der Waals surface area contributed by atoms with Crippen molar-refractivity contribution < 1.29 is 19.4 Å². The molecule has 0 aromatic heterocycles. The highest BCUT2D eigenvalue weighted by atomic mass is 35.5. The molecule has 0 saturated carbocycles. The molecule has 1 heterocycles. The summed E-state index contributed by atoms with van der Waals surface area (Å²) in [5.74, 6) is 0.560. The van der Waals surface area contributed by atoms with E-state index in [4.69, 9.17) is 26.2 Å². The highest BCUT2D eigenvalue weighted by Crippen LogP contribution is 2.35. The highest BCUT2D eigenvalue weighted by molar-refractivity contribution is 7.99. The maximum Gasteiger partial charge on any atom is 0.316 e. The number of halogens is 1. The van der Waals surface area contributed by atoms with Gasteiger partial charge in [0.1, 0.15) is 11.0 Å². The van der Waals surface area contributed by atoms with Crippen LogP contribution in [0.4, 0.5) is 0 Å². The molecule has 1 atom stereocenters. The Balaban J connectivity index is 2.15. The molecule has 0 bridgehead atoms. The van der Waals surface area contributed by atoms with Crippen LogP contribution in [0, 0.1) is 0 Å². The van der Waals surface area contributed by atoms with E-state index in [0.29, 0.717) is 23.8 Å². The monoisotopic (exact) mass is 302 g/mol. The van der Waals surface area contributed by atoms with Gasteiger partial charge >= 0.3 is 5.97 Å². The van der Waals surface area contributed by atoms with Crippen molar-refractivity contribution in [1.29, 1.82) is 0 Å². The van der Waals surface area contributed by atoms with Gasteiger partial charge in [0.05, 0.1) is 6.61 Å². The lowest BCUT2D eigenvalue weighted by Crippen LogP contribution is -2.16. The van der Waals surface area contributed by atoms with E-state index >= 15 is 0 Å². The van der Waals surface area contributed by atoms with Crippen molar-refractivity contribution in [3.05, 3.63) is 28.3 Å². The van der Waals surface area contributed by atoms with Crippen LogP contribution in [0.15, 0.2) is 12.1 Å². The molecule has 0 radical (unpaired) electrons. The van der Waals surface area contributed by atoms with Gasteiger partial charge in [0.2, 0.25) is 0 Å². The van der Waals surface area contributed by atoms with Crippen molar-refractivity contribution in [3.63, 3.8) is 0 Å². The Hall–Kier alpha value is -0.910. The Bertz CT molecular complexity index is 478. The van der Waals surface area contributed by atoms with Gasteiger partial charge in [-0.25, -0.2) is 0 Å². The van der Waals surface area contributed by atoms with Crippen molar-refractivity contribution in [3.8, 4) is 5.75 Å². The first kappa shape index (κ1) is 14.5. The molecule has 1 aliphatic heterocycles. The molecule has 6 heteroatoms. The Kier molecular flexibility index (Phi) is 4.96. The minimum absolute atomic E-state index is 0.225. The molecule has 4 nitrogen and oxygen atoms in total. The molecule has 1 N–H and O–H groups in total. The van der Waals surface area contributed by atoms with Gasteiger partial charge in [-0.05, 0) is 18.6 Å². The van der Waals surface area contributed by atoms with E-state index in [-0.39, 0.29) is 6.79 Å². The van der Waals surface area contributed by atoms with Crippen LogP contribution in [-0.4, -0.2) is 23.1 Å². The third-order valence-corrected chi connectivity index (χ3v) is 4.47. The van der Waals surface area contributed by atoms with Crippen molar-refractivity contribution in [2.75, 3.05) is 6.79 Å². The second-order valence-electron chi connectivity index (χ2n) is 4.21. The first-order chi connectivity index (χ1) is 9.11. The molecule has 1 aliphatic rings. The Morgan fingerprint density at radius 3 is 3.05 bits per heavy atom. The fourth-order valence-corrected chi connectivity index (χ4v) is 3.15. The molecule has 0 fully saturated rings. The molecule has 104 valence electrons. The number of hydrogen-bond donors (Lipinski definition) is 1. The van der Waals surface area contributed by atoms with Gasteiger partial charge in [0, 0.05) is 21.9 Å². The summed E-state index contributed by atoms with van der Waals surface area (Å²) in [6.07, 6.45) is 0.590. The fourth-order valence-electron chi connectivity index (χ4n) is 1.92. The molecule has 0 saturated heterocycles. The van der Waals surface area contributed by atoms with Crippen molar-refractivity contribution in [2.24, 2.45) is 0 Å². The summed E-state index contributed by atoms with van der Waals surface area (Å²) >= 11 is 7.44. The van der Waals surface area contributed by atoms with Gasteiger partial charge in [-0.2, -0.15) is 0 Å². The van der Waals surface area contributed by atoms with Gasteiger partial charge in [-0.1, -0.05) is 18.5 Å². The van der Waals surface area contributed by atoms with Crippen molar-refractivity contribution >= 4 is 29.3 Å². The summed E-state index contributed by atoms with van der Waals surface area (Å²) in [6, 6.07) is 3.64. The second-order valence-corrected chi connectivity index (χ2v) is 5.84. The first-order valence-electron chi connectivity index (χ1n) is 5.98. The van der Waals surface area contributed by atoms with E-state index in [9.17, 15) is 4.79 Å². The lowest BCUT2D eigenvalue weighted by atomic mass is 10.1. The number of benzene rings is 1. The summed E-state index contributed by atoms with van der Waals surface area (Å²) < 4.78 is 10.7. The van der Waals surface area contributed by atoms with Crippen LogP contribution in [0.5, 0.6) is 5.75 Å². The summed E-state index contributed by atoms with van der Waals surface area (Å²) in [6.45, 7) is 2.57. The molecule has 19 heavy (non-hydrogen) atoms. The predicted octanol–water partition coefficient (Wildman–Crippen LogP) is 3.30. The second kappa shape index (κ2) is 6.50. The highest BCUT2D eigenvalue weighted by Gasteiger charge is 2.20. The van der Waals surface area contributed by atoms with Gasteiger partial charge in [-0.15, -0.1) is 11.8 Å². The lowest BCUT2D eigenvalue weighted by Gasteiger charge is -2.21. The van der Waals surface area contributed by atoms with Crippen LogP contribution in [0.3, 0.4) is 0 Å². The molecule has 0 aliphatic carbocycles. The number of aliphatic carboxylic acids is 1. The SMILES string of the molecule is CCC(SCc1cc(Cl)cc2c1OCOC2)C(=O)O. The minimum Gasteiger partial charge on any atom is -0.480 e. The van der Waals surface area contributed by atoms with Gasteiger partial charge in [0.15, 0.2) is 6.79 Å². The van der Waals surface area contributed by atoms with E-state index in [0.717, 1.165) is 16.9 Å². The Morgan fingerprint density at radius 2 is 2.37 bits per heavy atom. The first-order valence-corrected chi connectivity index (χ1v) is 7.40. The average Bonchev–Trinajstić information content (AvgIpc) is 2.38. The lowest BCUT2D eigenvalue weighted by molar-refractivity contribution is -0.136.